The van der Waals surface area contributed by atoms with Crippen LogP contribution in [0.3, 0.4) is 0 Å². The van der Waals surface area contributed by atoms with E-state index in [9.17, 15) is 0 Å². The Morgan fingerprint density at radius 1 is 0.640 bits per heavy atom. The monoisotopic (exact) mass is 355 g/mol. The summed E-state index contributed by atoms with van der Waals surface area (Å²) >= 11 is 0. The Morgan fingerprint density at radius 2 is 1.20 bits per heavy atom. The average Bonchev–Trinajstić information content (AvgIpc) is 2.63. The van der Waals surface area contributed by atoms with E-state index in [2.05, 4.69) is 26.6 Å². The summed E-state index contributed by atoms with van der Waals surface area (Å²) in [7, 11) is 0. The molecule has 4 atom stereocenters. The van der Waals surface area contributed by atoms with Gasteiger partial charge in [0, 0.05) is 63.4 Å². The molecule has 1 saturated heterocycles. The summed E-state index contributed by atoms with van der Waals surface area (Å²) in [6.07, 6.45) is 7.26. The maximum Gasteiger partial charge on any atom is 0.0221 e. The molecule has 148 valence electrons. The highest BCUT2D eigenvalue weighted by atomic mass is 15.1. The van der Waals surface area contributed by atoms with Gasteiger partial charge < -0.3 is 38.1 Å². The van der Waals surface area contributed by atoms with Gasteiger partial charge >= 0.3 is 0 Å². The van der Waals surface area contributed by atoms with Gasteiger partial charge in [-0.2, -0.15) is 0 Å². The van der Waals surface area contributed by atoms with Gasteiger partial charge in [-0.25, -0.2) is 0 Å². The molecule has 0 radical (unpaired) electrons. The maximum atomic E-state index is 5.84. The lowest BCUT2D eigenvalue weighted by atomic mass is 9.90. The number of hydrogen-bond acceptors (Lipinski definition) is 7. The van der Waals surface area contributed by atoms with Crippen LogP contribution in [0.1, 0.15) is 38.5 Å². The highest BCUT2D eigenvalue weighted by Crippen LogP contribution is 2.18. The average molecular weight is 356 g/mol. The molecule has 0 bridgehead atoms. The Balaban J connectivity index is 1.92. The molecule has 9 N–H and O–H groups in total. The fourth-order valence-electron chi connectivity index (χ4n) is 4.01. The zero-order valence-electron chi connectivity index (χ0n) is 15.9. The van der Waals surface area contributed by atoms with Gasteiger partial charge in [-0.15, -0.1) is 0 Å². The van der Waals surface area contributed by atoms with E-state index in [1.54, 1.807) is 0 Å². The predicted molar refractivity (Wildman–Crippen MR) is 106 cm³/mol. The van der Waals surface area contributed by atoms with E-state index >= 15 is 0 Å². The zero-order chi connectivity index (χ0) is 17.7. The van der Waals surface area contributed by atoms with E-state index in [1.807, 2.05) is 0 Å². The van der Waals surface area contributed by atoms with Crippen LogP contribution in [-0.4, -0.2) is 76.5 Å². The van der Waals surface area contributed by atoms with Crippen LogP contribution >= 0.6 is 0 Å². The van der Waals surface area contributed by atoms with Gasteiger partial charge in [-0.1, -0.05) is 12.8 Å². The molecule has 2 aliphatic rings. The molecule has 2 fully saturated rings. The normalized spacial score (nSPS) is 33.8. The number of nitrogens with one attached hydrogen (secondary N) is 5. The molecule has 1 aliphatic heterocycles. The topological polar surface area (TPSA) is 112 Å². The summed E-state index contributed by atoms with van der Waals surface area (Å²) in [5.74, 6) is 0. The van der Waals surface area contributed by atoms with E-state index in [-0.39, 0.29) is 0 Å². The van der Waals surface area contributed by atoms with E-state index in [4.69, 9.17) is 11.5 Å². The standard InChI is InChI=1S/C18H41N7/c19-7-5-15-13-24-16(6-8-20)14-25-18-4-2-1-3-17(18)23-12-10-21-9-11-22-15/h15-18,21-25H,1-14,19-20H2/t15-,16+,17-,18-/m1/s1. The summed E-state index contributed by atoms with van der Waals surface area (Å²) in [6, 6.07) is 2.04. The van der Waals surface area contributed by atoms with Gasteiger partial charge in [0.1, 0.15) is 0 Å². The molecule has 0 aromatic heterocycles. The lowest BCUT2D eigenvalue weighted by Crippen LogP contribution is -2.54. The van der Waals surface area contributed by atoms with Crippen LogP contribution in [-0.2, 0) is 0 Å². The third-order valence-electron chi connectivity index (χ3n) is 5.52. The SMILES string of the molecule is NCC[C@@H]1CN[C@@H](CCN)CN[C@@H]2CCCC[C@H]2NCCNCCN1. The highest BCUT2D eigenvalue weighted by molar-refractivity contribution is 4.88. The molecule has 1 aliphatic carbocycles. The van der Waals surface area contributed by atoms with Crippen LogP contribution < -0.4 is 38.1 Å². The minimum atomic E-state index is 0.428. The Labute approximate surface area is 153 Å². The minimum absolute atomic E-state index is 0.428. The van der Waals surface area contributed by atoms with Crippen molar-refractivity contribution < 1.29 is 0 Å². The molecule has 0 amide bonds. The number of fused-ring (bicyclic) bond motifs is 1. The molecular weight excluding hydrogens is 314 g/mol. The van der Waals surface area contributed by atoms with Gasteiger partial charge in [0.2, 0.25) is 0 Å². The molecule has 7 heteroatoms. The van der Waals surface area contributed by atoms with Gasteiger partial charge in [-0.05, 0) is 38.8 Å². The quantitative estimate of drug-likeness (QED) is 0.335. The number of nitrogens with two attached hydrogens (primary N) is 2. The predicted octanol–water partition coefficient (Wildman–Crippen LogP) is -1.31. The van der Waals surface area contributed by atoms with E-state index < -0.39 is 0 Å². The van der Waals surface area contributed by atoms with E-state index in [1.165, 1.54) is 25.7 Å². The van der Waals surface area contributed by atoms with Crippen molar-refractivity contribution in [3.63, 3.8) is 0 Å². The number of rotatable bonds is 4. The van der Waals surface area contributed by atoms with Crippen molar-refractivity contribution in [2.45, 2.75) is 62.7 Å². The van der Waals surface area contributed by atoms with Crippen molar-refractivity contribution in [1.82, 2.24) is 26.6 Å². The lowest BCUT2D eigenvalue weighted by molar-refractivity contribution is 0.273. The molecule has 0 aromatic rings. The van der Waals surface area contributed by atoms with Crippen molar-refractivity contribution >= 4 is 0 Å². The van der Waals surface area contributed by atoms with Gasteiger partial charge in [0.05, 0.1) is 0 Å². The Hall–Kier alpha value is -0.280. The van der Waals surface area contributed by atoms with Crippen LogP contribution in [0.25, 0.3) is 0 Å². The van der Waals surface area contributed by atoms with Crippen molar-refractivity contribution in [2.75, 3.05) is 52.4 Å². The smallest absolute Gasteiger partial charge is 0.0221 e. The van der Waals surface area contributed by atoms with Crippen molar-refractivity contribution in [2.24, 2.45) is 11.5 Å². The van der Waals surface area contributed by atoms with Gasteiger partial charge in [0.15, 0.2) is 0 Å². The highest BCUT2D eigenvalue weighted by Gasteiger charge is 2.25. The van der Waals surface area contributed by atoms with Gasteiger partial charge in [0.25, 0.3) is 0 Å². The zero-order valence-corrected chi connectivity index (χ0v) is 15.9. The fourth-order valence-corrected chi connectivity index (χ4v) is 4.01. The largest absolute Gasteiger partial charge is 0.330 e. The first-order valence-corrected chi connectivity index (χ1v) is 10.4. The molecule has 0 aromatic carbocycles. The second kappa shape index (κ2) is 13.0. The fraction of sp³-hybridized carbons (Fsp3) is 1.00. The first-order valence-electron chi connectivity index (χ1n) is 10.4. The molecule has 2 rings (SSSR count). The molecule has 1 heterocycles. The molecule has 0 spiro atoms. The lowest BCUT2D eigenvalue weighted by Gasteiger charge is -2.34. The summed E-state index contributed by atoms with van der Waals surface area (Å²) in [6.45, 7) is 7.45. The second-order valence-corrected chi connectivity index (χ2v) is 7.52. The molecule has 7 nitrogen and oxygen atoms in total. The van der Waals surface area contributed by atoms with E-state index in [0.29, 0.717) is 24.2 Å². The Bertz CT molecular complexity index is 329. The summed E-state index contributed by atoms with van der Waals surface area (Å²) < 4.78 is 0. The summed E-state index contributed by atoms with van der Waals surface area (Å²) in [4.78, 5) is 0. The van der Waals surface area contributed by atoms with Crippen molar-refractivity contribution in [3.8, 4) is 0 Å². The Morgan fingerprint density at radius 3 is 1.88 bits per heavy atom. The van der Waals surface area contributed by atoms with Crippen LogP contribution in [0, 0.1) is 0 Å². The first kappa shape index (κ1) is 21.0. The van der Waals surface area contributed by atoms with Crippen molar-refractivity contribution in [1.29, 1.82) is 0 Å². The van der Waals surface area contributed by atoms with E-state index in [0.717, 1.165) is 65.2 Å². The Kier molecular flexibility index (Phi) is 10.9. The maximum absolute atomic E-state index is 5.84. The molecule has 25 heavy (non-hydrogen) atoms. The van der Waals surface area contributed by atoms with Crippen LogP contribution in [0.15, 0.2) is 0 Å². The minimum Gasteiger partial charge on any atom is -0.330 e. The summed E-state index contributed by atoms with van der Waals surface area (Å²) in [5.41, 5.74) is 11.6. The molecule has 0 unspecified atom stereocenters. The summed E-state index contributed by atoms with van der Waals surface area (Å²) in [5, 5.41) is 18.5. The molecule has 1 saturated carbocycles. The van der Waals surface area contributed by atoms with Gasteiger partial charge in [-0.3, -0.25) is 0 Å². The van der Waals surface area contributed by atoms with Crippen molar-refractivity contribution in [3.05, 3.63) is 0 Å². The van der Waals surface area contributed by atoms with Crippen LogP contribution in [0.5, 0.6) is 0 Å². The second-order valence-electron chi connectivity index (χ2n) is 7.52. The molecular formula is C18H41N7. The third-order valence-corrected chi connectivity index (χ3v) is 5.52. The van der Waals surface area contributed by atoms with Crippen LogP contribution in [0.2, 0.25) is 0 Å². The van der Waals surface area contributed by atoms with Crippen LogP contribution in [0.4, 0.5) is 0 Å². The number of hydrogen-bond donors (Lipinski definition) is 7. The third kappa shape index (κ3) is 8.30. The first-order chi connectivity index (χ1) is 12.3.